The monoisotopic (exact) mass is 497 g/mol. The Morgan fingerprint density at radius 2 is 2.04 bits per heavy atom. The highest BCUT2D eigenvalue weighted by Crippen LogP contribution is 2.31. The van der Waals surface area contributed by atoms with Gasteiger partial charge < -0.3 is 15.4 Å². The van der Waals surface area contributed by atoms with E-state index in [1.54, 1.807) is 10.9 Å². The third-order valence-corrected chi connectivity index (χ3v) is 3.49. The molecule has 0 saturated heterocycles. The number of rotatable bonds is 7. The number of ether oxygens (including phenoxy) is 1. The number of halogens is 4. The van der Waals surface area contributed by atoms with Crippen LogP contribution in [0.1, 0.15) is 18.2 Å². The first-order chi connectivity index (χ1) is 12.4. The fourth-order valence-electron chi connectivity index (χ4n) is 2.16. The minimum absolute atomic E-state index is 0. The van der Waals surface area contributed by atoms with Gasteiger partial charge in [0.05, 0.1) is 24.3 Å². The zero-order chi connectivity index (χ0) is 19.0. The van der Waals surface area contributed by atoms with E-state index in [-0.39, 0.29) is 36.3 Å². The number of nitrogens with one attached hydrogen (secondary N) is 2. The highest BCUT2D eigenvalue weighted by molar-refractivity contribution is 14.0. The lowest BCUT2D eigenvalue weighted by Crippen LogP contribution is -2.39. The van der Waals surface area contributed by atoms with Crippen molar-refractivity contribution < 1.29 is 17.9 Å². The molecule has 0 fully saturated rings. The highest BCUT2D eigenvalue weighted by atomic mass is 127. The summed E-state index contributed by atoms with van der Waals surface area (Å²) in [5, 5.41) is 10.3. The van der Waals surface area contributed by atoms with Crippen molar-refractivity contribution in [2.24, 2.45) is 12.0 Å². The van der Waals surface area contributed by atoms with Crippen LogP contribution in [-0.4, -0.2) is 35.4 Å². The molecule has 0 unspecified atom stereocenters. The summed E-state index contributed by atoms with van der Waals surface area (Å²) in [5.41, 5.74) is 0.233. The minimum atomic E-state index is -4.38. The largest absolute Gasteiger partial charge is 0.492 e. The van der Waals surface area contributed by atoms with Gasteiger partial charge in [0.1, 0.15) is 12.4 Å². The van der Waals surface area contributed by atoms with Gasteiger partial charge in [-0.15, -0.1) is 24.0 Å². The van der Waals surface area contributed by atoms with Crippen LogP contribution >= 0.6 is 24.0 Å². The van der Waals surface area contributed by atoms with E-state index in [9.17, 15) is 13.2 Å². The molecular weight excluding hydrogens is 474 g/mol. The van der Waals surface area contributed by atoms with Crippen LogP contribution in [0.4, 0.5) is 13.2 Å². The molecule has 0 bridgehead atoms. The Labute approximate surface area is 173 Å². The molecule has 27 heavy (non-hydrogen) atoms. The number of hydrogen-bond acceptors (Lipinski definition) is 3. The van der Waals surface area contributed by atoms with Crippen molar-refractivity contribution in [2.45, 2.75) is 19.6 Å². The van der Waals surface area contributed by atoms with Crippen LogP contribution in [0.3, 0.4) is 0 Å². The molecule has 0 aliphatic rings. The normalized spacial score (nSPS) is 11.7. The quantitative estimate of drug-likeness (QED) is 0.267. The van der Waals surface area contributed by atoms with Crippen LogP contribution in [-0.2, 0) is 19.8 Å². The van der Waals surface area contributed by atoms with Gasteiger partial charge in [-0.25, -0.2) is 4.99 Å². The molecule has 6 nitrogen and oxygen atoms in total. The number of nitrogens with zero attached hydrogens (tertiary/aromatic N) is 3. The Morgan fingerprint density at radius 3 is 2.67 bits per heavy atom. The molecule has 0 atom stereocenters. The first kappa shape index (κ1) is 23.1. The van der Waals surface area contributed by atoms with Gasteiger partial charge in [0.2, 0.25) is 0 Å². The topological polar surface area (TPSA) is 63.5 Å². The molecule has 1 heterocycles. The summed E-state index contributed by atoms with van der Waals surface area (Å²) in [6.45, 7) is 3.69. The lowest BCUT2D eigenvalue weighted by molar-refractivity contribution is -0.137. The Hall–Kier alpha value is -1.98. The number of guanidine groups is 1. The second-order valence-corrected chi connectivity index (χ2v) is 5.44. The van der Waals surface area contributed by atoms with E-state index in [2.05, 4.69) is 20.7 Å². The zero-order valence-corrected chi connectivity index (χ0v) is 17.4. The van der Waals surface area contributed by atoms with E-state index in [0.29, 0.717) is 25.6 Å². The molecule has 0 aliphatic heterocycles. The van der Waals surface area contributed by atoms with E-state index in [1.807, 2.05) is 20.0 Å². The summed E-state index contributed by atoms with van der Waals surface area (Å²) in [4.78, 5) is 4.44. The van der Waals surface area contributed by atoms with Crippen LogP contribution in [0.15, 0.2) is 41.5 Å². The predicted octanol–water partition coefficient (Wildman–Crippen LogP) is 3.19. The molecule has 2 rings (SSSR count). The molecule has 2 N–H and O–H groups in total. The van der Waals surface area contributed by atoms with Crippen molar-refractivity contribution in [1.82, 2.24) is 20.4 Å². The molecule has 2 aromatic rings. The molecule has 1 aromatic carbocycles. The molecule has 0 aliphatic carbocycles. The van der Waals surface area contributed by atoms with Crippen molar-refractivity contribution in [2.75, 3.05) is 19.7 Å². The maximum Gasteiger partial charge on any atom is 0.416 e. The Morgan fingerprint density at radius 1 is 1.26 bits per heavy atom. The molecular formula is C17H23F3IN5O. The van der Waals surface area contributed by atoms with Gasteiger partial charge in [-0.1, -0.05) is 6.07 Å². The van der Waals surface area contributed by atoms with E-state index < -0.39 is 11.7 Å². The summed E-state index contributed by atoms with van der Waals surface area (Å²) < 4.78 is 45.2. The van der Waals surface area contributed by atoms with E-state index in [4.69, 9.17) is 4.74 Å². The van der Waals surface area contributed by atoms with Gasteiger partial charge in [0.15, 0.2) is 5.96 Å². The second-order valence-electron chi connectivity index (χ2n) is 5.44. The molecule has 0 radical (unpaired) electrons. The number of aliphatic imine (C=N–C) groups is 1. The zero-order valence-electron chi connectivity index (χ0n) is 15.1. The average Bonchev–Trinajstić information content (AvgIpc) is 3.01. The first-order valence-corrected chi connectivity index (χ1v) is 8.19. The van der Waals surface area contributed by atoms with Gasteiger partial charge in [-0.3, -0.25) is 4.68 Å². The van der Waals surface area contributed by atoms with Gasteiger partial charge in [0.25, 0.3) is 0 Å². The minimum Gasteiger partial charge on any atom is -0.492 e. The molecule has 0 amide bonds. The Balaban J connectivity index is 0.00000364. The van der Waals surface area contributed by atoms with Crippen molar-refractivity contribution in [3.05, 3.63) is 47.8 Å². The van der Waals surface area contributed by atoms with Crippen LogP contribution in [0.5, 0.6) is 5.75 Å². The summed E-state index contributed by atoms with van der Waals surface area (Å²) in [5.74, 6) is 0.778. The molecule has 1 aromatic heterocycles. The predicted molar refractivity (Wildman–Crippen MR) is 108 cm³/mol. The van der Waals surface area contributed by atoms with Crippen molar-refractivity contribution in [3.8, 4) is 5.75 Å². The van der Waals surface area contributed by atoms with Gasteiger partial charge >= 0.3 is 6.18 Å². The van der Waals surface area contributed by atoms with Crippen LogP contribution in [0.25, 0.3) is 0 Å². The lowest BCUT2D eigenvalue weighted by atomic mass is 10.2. The van der Waals surface area contributed by atoms with E-state index >= 15 is 0 Å². The lowest BCUT2D eigenvalue weighted by Gasteiger charge is -2.13. The Bertz CT molecular complexity index is 733. The molecule has 0 saturated carbocycles. The highest BCUT2D eigenvalue weighted by Gasteiger charge is 2.30. The van der Waals surface area contributed by atoms with Crippen molar-refractivity contribution in [3.63, 3.8) is 0 Å². The summed E-state index contributed by atoms with van der Waals surface area (Å²) in [6.07, 6.45) is -2.68. The summed E-state index contributed by atoms with van der Waals surface area (Å²) in [6, 6.07) is 6.70. The fourth-order valence-corrected chi connectivity index (χ4v) is 2.16. The van der Waals surface area contributed by atoms with Crippen LogP contribution < -0.4 is 15.4 Å². The number of benzene rings is 1. The second kappa shape index (κ2) is 11.0. The molecule has 10 heteroatoms. The number of hydrogen-bond donors (Lipinski definition) is 2. The van der Waals surface area contributed by atoms with Gasteiger partial charge in [0, 0.05) is 19.8 Å². The fraction of sp³-hybridized carbons (Fsp3) is 0.412. The van der Waals surface area contributed by atoms with E-state index in [0.717, 1.165) is 17.8 Å². The number of aryl methyl sites for hydroxylation is 1. The van der Waals surface area contributed by atoms with E-state index in [1.165, 1.54) is 12.1 Å². The van der Waals surface area contributed by atoms with Gasteiger partial charge in [-0.05, 0) is 31.2 Å². The Kier molecular flexibility index (Phi) is 9.39. The summed E-state index contributed by atoms with van der Waals surface area (Å²) >= 11 is 0. The smallest absolute Gasteiger partial charge is 0.416 e. The van der Waals surface area contributed by atoms with Crippen molar-refractivity contribution >= 4 is 29.9 Å². The standard InChI is InChI=1S/C17H22F3N5O.HI/c1-3-21-16(23-12-14-7-8-24-25(14)2)22-9-10-26-15-6-4-5-13(11-15)17(18,19)20;/h4-8,11H,3,9-10,12H2,1-2H3,(H2,21,22,23);1H. The number of aromatic nitrogens is 2. The maximum absolute atomic E-state index is 12.7. The maximum atomic E-state index is 12.7. The van der Waals surface area contributed by atoms with Crippen LogP contribution in [0.2, 0.25) is 0 Å². The summed E-state index contributed by atoms with van der Waals surface area (Å²) in [7, 11) is 1.84. The SMILES string of the molecule is CCNC(=NCc1ccnn1C)NCCOc1cccc(C(F)(F)F)c1.I. The third kappa shape index (κ3) is 7.65. The molecule has 0 spiro atoms. The van der Waals surface area contributed by atoms with Crippen LogP contribution in [0, 0.1) is 0 Å². The third-order valence-electron chi connectivity index (χ3n) is 3.49. The van der Waals surface area contributed by atoms with Crippen molar-refractivity contribution in [1.29, 1.82) is 0 Å². The number of alkyl halides is 3. The molecule has 150 valence electrons. The average molecular weight is 497 g/mol. The first-order valence-electron chi connectivity index (χ1n) is 8.19. The van der Waals surface area contributed by atoms with Gasteiger partial charge in [-0.2, -0.15) is 18.3 Å².